The van der Waals surface area contributed by atoms with Gasteiger partial charge in [0.25, 0.3) is 5.91 Å². The molecule has 4 nitrogen and oxygen atoms in total. The van der Waals surface area contributed by atoms with Crippen LogP contribution in [0.4, 0.5) is 4.39 Å². The van der Waals surface area contributed by atoms with E-state index in [1.165, 1.54) is 18.3 Å². The monoisotopic (exact) mass is 224 g/mol. The Hall–Kier alpha value is -1.49. The highest BCUT2D eigenvalue weighted by molar-refractivity contribution is 5.94. The molecule has 1 amide bonds. The van der Waals surface area contributed by atoms with Gasteiger partial charge in [-0.15, -0.1) is 0 Å². The molecule has 0 spiro atoms. The van der Waals surface area contributed by atoms with Gasteiger partial charge in [-0.1, -0.05) is 6.92 Å². The molecule has 2 rings (SSSR count). The number of ether oxygens (including phenoxy) is 1. The maximum atomic E-state index is 13.2. The van der Waals surface area contributed by atoms with Gasteiger partial charge >= 0.3 is 0 Å². The van der Waals surface area contributed by atoms with Crippen molar-refractivity contribution in [2.75, 3.05) is 19.8 Å². The molecular formula is C11H13FN2O2. The van der Waals surface area contributed by atoms with E-state index >= 15 is 0 Å². The highest BCUT2D eigenvalue weighted by Crippen LogP contribution is 2.25. The maximum Gasteiger partial charge on any atom is 0.255 e. The second kappa shape index (κ2) is 4.17. The van der Waals surface area contributed by atoms with Gasteiger partial charge in [-0.3, -0.25) is 4.79 Å². The third-order valence-electron chi connectivity index (χ3n) is 2.58. The zero-order valence-corrected chi connectivity index (χ0v) is 9.00. The SMILES string of the molecule is CC1(CNC(=O)c2cccnc2F)COC1. The Balaban J connectivity index is 1.96. The summed E-state index contributed by atoms with van der Waals surface area (Å²) in [6.45, 7) is 3.75. The van der Waals surface area contributed by atoms with Gasteiger partial charge in [-0.05, 0) is 12.1 Å². The lowest BCUT2D eigenvalue weighted by molar-refractivity contribution is -0.0978. The molecule has 1 fully saturated rings. The molecule has 16 heavy (non-hydrogen) atoms. The smallest absolute Gasteiger partial charge is 0.255 e. The largest absolute Gasteiger partial charge is 0.380 e. The predicted octanol–water partition coefficient (Wildman–Crippen LogP) is 0.987. The fraction of sp³-hybridized carbons (Fsp3) is 0.455. The van der Waals surface area contributed by atoms with Crippen LogP contribution in [0.3, 0.4) is 0 Å². The quantitative estimate of drug-likeness (QED) is 0.779. The lowest BCUT2D eigenvalue weighted by Crippen LogP contribution is -2.48. The topological polar surface area (TPSA) is 51.2 Å². The summed E-state index contributed by atoms with van der Waals surface area (Å²) in [5, 5.41) is 2.68. The highest BCUT2D eigenvalue weighted by Gasteiger charge is 2.33. The van der Waals surface area contributed by atoms with Crippen molar-refractivity contribution in [3.05, 3.63) is 29.8 Å². The van der Waals surface area contributed by atoms with E-state index in [4.69, 9.17) is 4.74 Å². The molecule has 1 saturated heterocycles. The fourth-order valence-electron chi connectivity index (χ4n) is 1.50. The first-order chi connectivity index (χ1) is 7.61. The van der Waals surface area contributed by atoms with Crippen LogP contribution in [-0.2, 0) is 4.74 Å². The molecule has 1 aromatic rings. The zero-order valence-electron chi connectivity index (χ0n) is 9.00. The van der Waals surface area contributed by atoms with Gasteiger partial charge in [0.05, 0.1) is 18.8 Å². The van der Waals surface area contributed by atoms with E-state index in [-0.39, 0.29) is 11.0 Å². The predicted molar refractivity (Wildman–Crippen MR) is 55.5 cm³/mol. The van der Waals surface area contributed by atoms with Gasteiger partial charge in [0, 0.05) is 18.2 Å². The van der Waals surface area contributed by atoms with Crippen LogP contribution in [0, 0.1) is 11.4 Å². The third-order valence-corrected chi connectivity index (χ3v) is 2.58. The van der Waals surface area contributed by atoms with Gasteiger partial charge in [-0.2, -0.15) is 4.39 Å². The summed E-state index contributed by atoms with van der Waals surface area (Å²) in [6, 6.07) is 2.95. The van der Waals surface area contributed by atoms with Crippen molar-refractivity contribution in [1.29, 1.82) is 0 Å². The Morgan fingerprint density at radius 2 is 2.44 bits per heavy atom. The van der Waals surface area contributed by atoms with Crippen LogP contribution in [0.5, 0.6) is 0 Å². The number of amides is 1. The Kier molecular flexibility index (Phi) is 2.87. The lowest BCUT2D eigenvalue weighted by atomic mass is 9.89. The molecule has 1 aliphatic rings. The van der Waals surface area contributed by atoms with E-state index in [9.17, 15) is 9.18 Å². The average Bonchev–Trinajstić information content (AvgIpc) is 2.24. The third kappa shape index (κ3) is 2.19. The summed E-state index contributed by atoms with van der Waals surface area (Å²) in [5.41, 5.74) is -0.0414. The van der Waals surface area contributed by atoms with Crippen molar-refractivity contribution in [3.63, 3.8) is 0 Å². The van der Waals surface area contributed by atoms with Crippen LogP contribution < -0.4 is 5.32 Å². The van der Waals surface area contributed by atoms with E-state index in [2.05, 4.69) is 10.3 Å². The van der Waals surface area contributed by atoms with E-state index in [1.54, 1.807) is 0 Å². The summed E-state index contributed by atoms with van der Waals surface area (Å²) < 4.78 is 18.2. The summed E-state index contributed by atoms with van der Waals surface area (Å²) in [5.74, 6) is -1.17. The number of hydrogen-bond acceptors (Lipinski definition) is 3. The molecule has 0 atom stereocenters. The molecular weight excluding hydrogens is 211 g/mol. The molecule has 1 aromatic heterocycles. The van der Waals surface area contributed by atoms with Gasteiger partial charge < -0.3 is 10.1 Å². The molecule has 2 heterocycles. The maximum absolute atomic E-state index is 13.2. The molecule has 1 aliphatic heterocycles. The van der Waals surface area contributed by atoms with E-state index in [0.29, 0.717) is 19.8 Å². The van der Waals surface area contributed by atoms with E-state index in [1.807, 2.05) is 6.92 Å². The fourth-order valence-corrected chi connectivity index (χ4v) is 1.50. The number of nitrogens with zero attached hydrogens (tertiary/aromatic N) is 1. The molecule has 1 N–H and O–H groups in total. The van der Waals surface area contributed by atoms with Crippen LogP contribution in [-0.4, -0.2) is 30.6 Å². The van der Waals surface area contributed by atoms with Crippen LogP contribution in [0.1, 0.15) is 17.3 Å². The van der Waals surface area contributed by atoms with Crippen LogP contribution in [0.2, 0.25) is 0 Å². The first-order valence-electron chi connectivity index (χ1n) is 5.07. The normalized spacial score (nSPS) is 17.6. The molecule has 0 aromatic carbocycles. The molecule has 0 aliphatic carbocycles. The van der Waals surface area contributed by atoms with Crippen molar-refractivity contribution >= 4 is 5.91 Å². The Morgan fingerprint density at radius 3 is 3.00 bits per heavy atom. The molecule has 5 heteroatoms. The Bertz CT molecular complexity index is 405. The number of halogens is 1. The molecule has 0 unspecified atom stereocenters. The number of nitrogens with one attached hydrogen (secondary N) is 1. The van der Waals surface area contributed by atoms with Crippen LogP contribution >= 0.6 is 0 Å². The molecule has 0 radical (unpaired) electrons. The van der Waals surface area contributed by atoms with Crippen molar-refractivity contribution in [2.45, 2.75) is 6.92 Å². The van der Waals surface area contributed by atoms with Crippen molar-refractivity contribution in [2.24, 2.45) is 5.41 Å². The van der Waals surface area contributed by atoms with Crippen LogP contribution in [0.25, 0.3) is 0 Å². The number of hydrogen-bond donors (Lipinski definition) is 1. The number of carbonyl (C=O) groups excluding carboxylic acids is 1. The summed E-state index contributed by atoms with van der Waals surface area (Å²) in [6.07, 6.45) is 1.31. The first kappa shape index (κ1) is 11.0. The number of pyridine rings is 1. The lowest BCUT2D eigenvalue weighted by Gasteiger charge is -2.37. The minimum absolute atomic E-state index is 0.0195. The highest BCUT2D eigenvalue weighted by atomic mass is 19.1. The zero-order chi connectivity index (χ0) is 11.6. The van der Waals surface area contributed by atoms with E-state index in [0.717, 1.165) is 0 Å². The van der Waals surface area contributed by atoms with Crippen LogP contribution in [0.15, 0.2) is 18.3 Å². The van der Waals surface area contributed by atoms with Gasteiger partial charge in [0.15, 0.2) is 0 Å². The second-order valence-corrected chi connectivity index (χ2v) is 4.33. The average molecular weight is 224 g/mol. The minimum atomic E-state index is -0.741. The molecule has 86 valence electrons. The number of carbonyl (C=O) groups is 1. The Labute approximate surface area is 92.8 Å². The van der Waals surface area contributed by atoms with Gasteiger partial charge in [-0.25, -0.2) is 4.98 Å². The van der Waals surface area contributed by atoms with Gasteiger partial charge in [0.1, 0.15) is 0 Å². The Morgan fingerprint density at radius 1 is 1.69 bits per heavy atom. The second-order valence-electron chi connectivity index (χ2n) is 4.33. The van der Waals surface area contributed by atoms with Crippen molar-refractivity contribution in [1.82, 2.24) is 10.3 Å². The summed E-state index contributed by atoms with van der Waals surface area (Å²) in [4.78, 5) is 15.0. The van der Waals surface area contributed by atoms with Crippen molar-refractivity contribution in [3.8, 4) is 0 Å². The van der Waals surface area contributed by atoms with E-state index < -0.39 is 11.9 Å². The van der Waals surface area contributed by atoms with Gasteiger partial charge in [0.2, 0.25) is 5.95 Å². The number of rotatable bonds is 3. The summed E-state index contributed by atoms with van der Waals surface area (Å²) >= 11 is 0. The van der Waals surface area contributed by atoms with Crippen molar-refractivity contribution < 1.29 is 13.9 Å². The molecule has 0 saturated carbocycles. The summed E-state index contributed by atoms with van der Waals surface area (Å²) in [7, 11) is 0. The standard InChI is InChI=1S/C11H13FN2O2/c1-11(6-16-7-11)5-14-10(15)8-3-2-4-13-9(8)12/h2-4H,5-7H2,1H3,(H,14,15). The number of aromatic nitrogens is 1. The molecule has 0 bridgehead atoms. The minimum Gasteiger partial charge on any atom is -0.380 e. The first-order valence-corrected chi connectivity index (χ1v) is 5.07.